The molecular formula is C72H48N2. The van der Waals surface area contributed by atoms with Crippen LogP contribution in [0.2, 0.25) is 0 Å². The molecular weight excluding hydrogens is 893 g/mol. The zero-order valence-corrected chi connectivity index (χ0v) is 40.6. The Morgan fingerprint density at radius 2 is 0.581 bits per heavy atom. The minimum Gasteiger partial charge on any atom is -0.310 e. The highest BCUT2D eigenvalue weighted by molar-refractivity contribution is 6.12. The second kappa shape index (κ2) is 16.5. The Balaban J connectivity index is 1.00. The van der Waals surface area contributed by atoms with E-state index < -0.39 is 10.8 Å². The van der Waals surface area contributed by atoms with E-state index in [-0.39, 0.29) is 0 Å². The molecule has 12 aromatic carbocycles. The van der Waals surface area contributed by atoms with Crippen molar-refractivity contribution in [3.05, 3.63) is 336 Å². The third-order valence-corrected chi connectivity index (χ3v) is 16.3. The van der Waals surface area contributed by atoms with Gasteiger partial charge in [-0.3, -0.25) is 0 Å². The maximum absolute atomic E-state index is 2.54. The van der Waals surface area contributed by atoms with Gasteiger partial charge in [0.15, 0.2) is 0 Å². The Labute approximate surface area is 432 Å². The largest absolute Gasteiger partial charge is 0.310 e. The molecule has 74 heavy (non-hydrogen) atoms. The summed E-state index contributed by atoms with van der Waals surface area (Å²) in [4.78, 5) is 4.94. The molecule has 3 aliphatic rings. The fourth-order valence-electron chi connectivity index (χ4n) is 13.5. The van der Waals surface area contributed by atoms with Gasteiger partial charge in [-0.1, -0.05) is 224 Å². The summed E-state index contributed by atoms with van der Waals surface area (Å²) in [5, 5.41) is 2.45. The number of hydrogen-bond donors (Lipinski definition) is 0. The van der Waals surface area contributed by atoms with Gasteiger partial charge < -0.3 is 9.80 Å². The lowest BCUT2D eigenvalue weighted by Gasteiger charge is -2.35. The Hall–Kier alpha value is -9.50. The van der Waals surface area contributed by atoms with E-state index in [0.29, 0.717) is 0 Å². The van der Waals surface area contributed by atoms with E-state index in [9.17, 15) is 0 Å². The smallest absolute Gasteiger partial charge is 0.0727 e. The number of rotatable bonds is 8. The molecule has 0 radical (unpaired) electrons. The zero-order chi connectivity index (χ0) is 48.8. The van der Waals surface area contributed by atoms with Crippen molar-refractivity contribution in [2.75, 3.05) is 9.80 Å². The summed E-state index contributed by atoms with van der Waals surface area (Å²) in [6.45, 7) is 0. The Bertz CT molecular complexity index is 4050. The molecule has 0 amide bonds. The van der Waals surface area contributed by atoms with E-state index in [4.69, 9.17) is 0 Å². The lowest BCUT2D eigenvalue weighted by Crippen LogP contribution is -2.28. The van der Waals surface area contributed by atoms with Gasteiger partial charge in [0.25, 0.3) is 0 Å². The molecule has 0 saturated heterocycles. The van der Waals surface area contributed by atoms with Crippen LogP contribution in [0.3, 0.4) is 0 Å². The summed E-state index contributed by atoms with van der Waals surface area (Å²) in [5.41, 5.74) is 23.4. The van der Waals surface area contributed by atoms with Gasteiger partial charge in [0.2, 0.25) is 0 Å². The van der Waals surface area contributed by atoms with Gasteiger partial charge in [0.05, 0.1) is 16.5 Å². The predicted molar refractivity (Wildman–Crippen MR) is 307 cm³/mol. The summed E-state index contributed by atoms with van der Waals surface area (Å²) in [6.07, 6.45) is 0. The molecule has 1 atom stereocenters. The van der Waals surface area contributed by atoms with Gasteiger partial charge in [-0.15, -0.1) is 0 Å². The first-order valence-electron chi connectivity index (χ1n) is 25.8. The summed E-state index contributed by atoms with van der Waals surface area (Å²) in [7, 11) is 0. The topological polar surface area (TPSA) is 6.48 Å². The maximum Gasteiger partial charge on any atom is 0.0727 e. The van der Waals surface area contributed by atoms with Crippen LogP contribution < -0.4 is 9.80 Å². The second-order valence-corrected chi connectivity index (χ2v) is 19.9. The molecule has 0 aliphatic heterocycles. The van der Waals surface area contributed by atoms with Crippen molar-refractivity contribution in [2.45, 2.75) is 10.8 Å². The molecule has 1 spiro atoms. The van der Waals surface area contributed by atoms with Gasteiger partial charge >= 0.3 is 0 Å². The monoisotopic (exact) mass is 940 g/mol. The first-order chi connectivity index (χ1) is 36.7. The molecule has 0 aromatic heterocycles. The van der Waals surface area contributed by atoms with E-state index in [0.717, 1.165) is 34.1 Å². The third kappa shape index (κ3) is 5.88. The first kappa shape index (κ1) is 42.2. The summed E-state index contributed by atoms with van der Waals surface area (Å²) >= 11 is 0. The minimum atomic E-state index is -0.636. The molecule has 0 N–H and O–H groups in total. The average molecular weight is 941 g/mol. The van der Waals surface area contributed by atoms with Crippen LogP contribution >= 0.6 is 0 Å². The molecule has 346 valence electrons. The van der Waals surface area contributed by atoms with Crippen LogP contribution in [0.25, 0.3) is 44.2 Å². The van der Waals surface area contributed by atoms with Crippen molar-refractivity contribution in [3.8, 4) is 33.4 Å². The average Bonchev–Trinajstić information content (AvgIpc) is 4.16. The van der Waals surface area contributed by atoms with Crippen molar-refractivity contribution in [2.24, 2.45) is 0 Å². The molecule has 15 rings (SSSR count). The number of anilines is 6. The number of fused-ring (bicyclic) bond motifs is 15. The second-order valence-electron chi connectivity index (χ2n) is 19.9. The zero-order valence-electron chi connectivity index (χ0n) is 40.6. The Kier molecular flexibility index (Phi) is 9.43. The lowest BCUT2D eigenvalue weighted by atomic mass is 9.67. The molecule has 12 aromatic rings. The van der Waals surface area contributed by atoms with Gasteiger partial charge in [-0.05, 0) is 150 Å². The molecule has 0 saturated carbocycles. The summed E-state index contributed by atoms with van der Waals surface area (Å²) in [6, 6.07) is 108. The van der Waals surface area contributed by atoms with Crippen molar-refractivity contribution in [1.82, 2.24) is 0 Å². The van der Waals surface area contributed by atoms with E-state index in [1.54, 1.807) is 0 Å². The molecule has 0 heterocycles. The number of benzene rings is 12. The van der Waals surface area contributed by atoms with E-state index in [2.05, 4.69) is 301 Å². The van der Waals surface area contributed by atoms with Crippen LogP contribution in [0.4, 0.5) is 34.1 Å². The van der Waals surface area contributed by atoms with Crippen LogP contribution in [-0.2, 0) is 10.8 Å². The van der Waals surface area contributed by atoms with Crippen molar-refractivity contribution >= 4 is 44.9 Å². The molecule has 1 unspecified atom stereocenters. The first-order valence-corrected chi connectivity index (χ1v) is 25.8. The van der Waals surface area contributed by atoms with Crippen molar-refractivity contribution < 1.29 is 0 Å². The van der Waals surface area contributed by atoms with Crippen LogP contribution in [0.5, 0.6) is 0 Å². The molecule has 3 aliphatic carbocycles. The van der Waals surface area contributed by atoms with Crippen LogP contribution in [0.15, 0.2) is 291 Å². The third-order valence-electron chi connectivity index (χ3n) is 16.3. The van der Waals surface area contributed by atoms with Gasteiger partial charge in [0.1, 0.15) is 0 Å². The fourth-order valence-corrected chi connectivity index (χ4v) is 13.5. The fraction of sp³-hybridized carbons (Fsp3) is 0.0278. The molecule has 0 fully saturated rings. The van der Waals surface area contributed by atoms with E-state index >= 15 is 0 Å². The number of hydrogen-bond acceptors (Lipinski definition) is 2. The van der Waals surface area contributed by atoms with Gasteiger partial charge in [-0.25, -0.2) is 0 Å². The van der Waals surface area contributed by atoms with Crippen LogP contribution in [-0.4, -0.2) is 0 Å². The molecule has 0 bridgehead atoms. The number of para-hydroxylation sites is 3. The van der Waals surface area contributed by atoms with Crippen molar-refractivity contribution in [3.63, 3.8) is 0 Å². The van der Waals surface area contributed by atoms with E-state index in [1.165, 1.54) is 88.7 Å². The Morgan fingerprint density at radius 3 is 1.09 bits per heavy atom. The van der Waals surface area contributed by atoms with Crippen molar-refractivity contribution in [1.29, 1.82) is 0 Å². The van der Waals surface area contributed by atoms with Gasteiger partial charge in [0, 0.05) is 33.8 Å². The quantitative estimate of drug-likeness (QED) is 0.150. The molecule has 2 heteroatoms. The minimum absolute atomic E-state index is 0.540. The SMILES string of the molecule is c1ccc(N(c2ccc3c(c2)C(c2ccccc2)(c2ccccc2)c2ccccc2-3)c2ccc3c(c2)C2(c4ccccc4-3)c3ccccc3-c3c2cc(N(c2ccccc2)c2ccccc2)c2ccccc32)cc1. The summed E-state index contributed by atoms with van der Waals surface area (Å²) < 4.78 is 0. The highest BCUT2D eigenvalue weighted by atomic mass is 15.1. The standard InChI is InChI=1S/C72H48N2/c1-6-24-49(25-7-1)71(50-26-8-2-9-27-50)63-39-21-18-34-56(63)58-44-42-54(46-66(58)71)73(51-28-10-3-11-29-51)55-43-45-59-57-35-19-22-40-64(57)72(67(59)47-55)65-41-23-20-38-62(65)70-61-37-17-16-36-60(61)69(48-68(70)72)74(52-30-12-4-13-31-52)53-32-14-5-15-33-53/h1-48H. The predicted octanol–water partition coefficient (Wildman–Crippen LogP) is 18.5. The van der Waals surface area contributed by atoms with Crippen LogP contribution in [0.1, 0.15) is 44.5 Å². The summed E-state index contributed by atoms with van der Waals surface area (Å²) in [5.74, 6) is 0. The van der Waals surface area contributed by atoms with E-state index in [1.807, 2.05) is 0 Å². The lowest BCUT2D eigenvalue weighted by molar-refractivity contribution is 0.768. The highest BCUT2D eigenvalue weighted by Crippen LogP contribution is 2.66. The number of nitrogens with zero attached hydrogens (tertiary/aromatic N) is 2. The highest BCUT2D eigenvalue weighted by Gasteiger charge is 2.53. The van der Waals surface area contributed by atoms with Crippen LogP contribution in [0, 0.1) is 0 Å². The Morgan fingerprint density at radius 1 is 0.216 bits per heavy atom. The van der Waals surface area contributed by atoms with Gasteiger partial charge in [-0.2, -0.15) is 0 Å². The molecule has 2 nitrogen and oxygen atoms in total. The maximum atomic E-state index is 2.54. The normalized spacial score (nSPS) is 14.9.